The van der Waals surface area contributed by atoms with Crippen molar-refractivity contribution < 1.29 is 4.74 Å². The number of benzene rings is 1. The lowest BCUT2D eigenvalue weighted by molar-refractivity contribution is 0.305. The molecule has 0 amide bonds. The smallest absolute Gasteiger partial charge is 0.223 e. The molecule has 0 aliphatic carbocycles. The Morgan fingerprint density at radius 3 is 2.48 bits per heavy atom. The molecule has 0 aliphatic heterocycles. The molecule has 0 saturated carbocycles. The molecule has 0 atom stereocenters. The predicted molar refractivity (Wildman–Crippen MR) is 90.5 cm³/mol. The number of hydrogen-bond acceptors (Lipinski definition) is 3. The number of ether oxygens (including phenoxy) is 1. The predicted octanol–water partition coefficient (Wildman–Crippen LogP) is 1.01. The van der Waals surface area contributed by atoms with E-state index in [9.17, 15) is 0 Å². The van der Waals surface area contributed by atoms with E-state index in [1.807, 2.05) is 17.8 Å². The highest BCUT2D eigenvalue weighted by Gasteiger charge is 2.05. The molecule has 0 aliphatic rings. The van der Waals surface area contributed by atoms with Gasteiger partial charge in [0, 0.05) is 17.8 Å². The average molecular weight is 315 g/mol. The molecule has 0 saturated heterocycles. The van der Waals surface area contributed by atoms with Crippen LogP contribution in [0.3, 0.4) is 0 Å². The highest BCUT2D eigenvalue weighted by atomic mass is 16.5. The van der Waals surface area contributed by atoms with Gasteiger partial charge in [-0.3, -0.25) is 4.68 Å². The van der Waals surface area contributed by atoms with Crippen molar-refractivity contribution in [2.45, 2.75) is 27.0 Å². The first kappa shape index (κ1) is 16.3. The van der Waals surface area contributed by atoms with Gasteiger partial charge < -0.3 is 21.9 Å². The minimum Gasteiger partial charge on any atom is -0.489 e. The van der Waals surface area contributed by atoms with Gasteiger partial charge in [0.2, 0.25) is 5.96 Å². The zero-order valence-electron chi connectivity index (χ0n) is 13.2. The van der Waals surface area contributed by atoms with E-state index >= 15 is 0 Å². The number of hydrogen-bond donors (Lipinski definition) is 3. The first-order chi connectivity index (χ1) is 11.0. The van der Waals surface area contributed by atoms with Crippen molar-refractivity contribution in [3.05, 3.63) is 41.7 Å². The molecule has 0 fully saturated rings. The first-order valence-electron chi connectivity index (χ1n) is 7.17. The van der Waals surface area contributed by atoms with Crippen LogP contribution in [0, 0.1) is 6.92 Å². The van der Waals surface area contributed by atoms with Gasteiger partial charge in [-0.05, 0) is 38.1 Å². The molecule has 8 nitrogen and oxygen atoms in total. The maximum absolute atomic E-state index is 5.75. The maximum atomic E-state index is 5.75. The van der Waals surface area contributed by atoms with Crippen LogP contribution < -0.4 is 21.9 Å². The second kappa shape index (κ2) is 7.30. The van der Waals surface area contributed by atoms with E-state index in [1.165, 1.54) is 0 Å². The number of aromatic nitrogens is 2. The number of aryl methyl sites for hydroxylation is 1. The van der Waals surface area contributed by atoms with E-state index in [0.717, 1.165) is 23.6 Å². The van der Waals surface area contributed by atoms with Gasteiger partial charge in [0.1, 0.15) is 12.4 Å². The molecule has 0 spiro atoms. The van der Waals surface area contributed by atoms with Crippen LogP contribution >= 0.6 is 0 Å². The number of rotatable bonds is 5. The minimum atomic E-state index is -0.130. The van der Waals surface area contributed by atoms with Crippen LogP contribution in [0.5, 0.6) is 5.75 Å². The quantitative estimate of drug-likeness (QED) is 0.560. The molecule has 6 N–H and O–H groups in total. The van der Waals surface area contributed by atoms with E-state index in [0.29, 0.717) is 12.3 Å². The Bertz CT molecular complexity index is 712. The molecule has 23 heavy (non-hydrogen) atoms. The van der Waals surface area contributed by atoms with E-state index in [-0.39, 0.29) is 11.9 Å². The summed E-state index contributed by atoms with van der Waals surface area (Å²) in [4.78, 5) is 7.72. The normalized spacial score (nSPS) is 11.3. The second-order valence-electron chi connectivity index (χ2n) is 4.86. The minimum absolute atomic E-state index is 0.00118. The lowest BCUT2D eigenvalue weighted by Gasteiger charge is -2.06. The molecule has 2 aromatic rings. The fourth-order valence-electron chi connectivity index (χ4n) is 2.01. The Morgan fingerprint density at radius 2 is 1.91 bits per heavy atom. The summed E-state index contributed by atoms with van der Waals surface area (Å²) < 4.78 is 7.69. The van der Waals surface area contributed by atoms with Crippen LogP contribution in [0.15, 0.2) is 40.4 Å². The van der Waals surface area contributed by atoms with Crippen LogP contribution in [0.4, 0.5) is 5.69 Å². The molecule has 0 unspecified atom stereocenters. The third-order valence-electron chi connectivity index (χ3n) is 3.22. The largest absolute Gasteiger partial charge is 0.489 e. The van der Waals surface area contributed by atoms with Crippen molar-refractivity contribution in [2.75, 3.05) is 0 Å². The summed E-state index contributed by atoms with van der Waals surface area (Å²) >= 11 is 0. The second-order valence-corrected chi connectivity index (χ2v) is 4.86. The lowest BCUT2D eigenvalue weighted by Crippen LogP contribution is -2.26. The Morgan fingerprint density at radius 1 is 1.22 bits per heavy atom. The fraction of sp³-hybridized carbons (Fsp3) is 0.267. The Labute approximate surface area is 134 Å². The highest BCUT2D eigenvalue weighted by molar-refractivity contribution is 5.93. The molecule has 0 bridgehead atoms. The van der Waals surface area contributed by atoms with E-state index in [4.69, 9.17) is 21.9 Å². The maximum Gasteiger partial charge on any atom is 0.223 e. The van der Waals surface area contributed by atoms with Crippen LogP contribution in [0.25, 0.3) is 0 Å². The SMILES string of the molecule is CCn1ncc(COc2ccc(N=C(N)N=C(N)N)cc2)c1C. The van der Waals surface area contributed by atoms with Gasteiger partial charge in [-0.15, -0.1) is 0 Å². The number of aliphatic imine (C=N–C) groups is 2. The topological polar surface area (TPSA) is 130 Å². The van der Waals surface area contributed by atoms with Gasteiger partial charge in [-0.2, -0.15) is 10.1 Å². The standard InChI is InChI=1S/C15H21N7O/c1-3-22-10(2)11(8-19-22)9-23-13-6-4-12(5-7-13)20-15(18)21-14(16)17/h4-8H,3,9H2,1-2H3,(H6,16,17,18,20,21). The molecule has 2 rings (SSSR count). The van der Waals surface area contributed by atoms with Crippen molar-refractivity contribution in [3.8, 4) is 5.75 Å². The van der Waals surface area contributed by atoms with Gasteiger partial charge in [-0.25, -0.2) is 4.99 Å². The van der Waals surface area contributed by atoms with Gasteiger partial charge in [0.05, 0.1) is 11.9 Å². The molecule has 1 heterocycles. The molecule has 1 aromatic heterocycles. The van der Waals surface area contributed by atoms with Crippen LogP contribution in [0.2, 0.25) is 0 Å². The summed E-state index contributed by atoms with van der Waals surface area (Å²) in [5, 5.41) is 4.29. The summed E-state index contributed by atoms with van der Waals surface area (Å²) in [6.45, 7) is 5.39. The third kappa shape index (κ3) is 4.47. The molecule has 0 radical (unpaired) electrons. The zero-order chi connectivity index (χ0) is 16.8. The monoisotopic (exact) mass is 315 g/mol. The summed E-state index contributed by atoms with van der Waals surface area (Å²) in [6, 6.07) is 7.15. The molecular formula is C15H21N7O. The van der Waals surface area contributed by atoms with Crippen molar-refractivity contribution in [1.29, 1.82) is 0 Å². The van der Waals surface area contributed by atoms with Gasteiger partial charge in [0.25, 0.3) is 0 Å². The Kier molecular flexibility index (Phi) is 5.19. The Hall–Kier alpha value is -3.03. The van der Waals surface area contributed by atoms with Crippen molar-refractivity contribution >= 4 is 17.6 Å². The fourth-order valence-corrected chi connectivity index (χ4v) is 2.01. The summed E-state index contributed by atoms with van der Waals surface area (Å²) in [7, 11) is 0. The molecule has 8 heteroatoms. The molecule has 1 aromatic carbocycles. The van der Waals surface area contributed by atoms with E-state index < -0.39 is 0 Å². The molecular weight excluding hydrogens is 294 g/mol. The number of guanidine groups is 2. The zero-order valence-corrected chi connectivity index (χ0v) is 13.2. The van der Waals surface area contributed by atoms with Crippen LogP contribution in [-0.4, -0.2) is 21.7 Å². The average Bonchev–Trinajstić information content (AvgIpc) is 2.86. The summed E-state index contributed by atoms with van der Waals surface area (Å²) in [5.41, 5.74) is 18.8. The van der Waals surface area contributed by atoms with Crippen LogP contribution in [0.1, 0.15) is 18.2 Å². The third-order valence-corrected chi connectivity index (χ3v) is 3.22. The van der Waals surface area contributed by atoms with Gasteiger partial charge in [0.15, 0.2) is 5.96 Å². The van der Waals surface area contributed by atoms with Crippen molar-refractivity contribution in [2.24, 2.45) is 27.2 Å². The van der Waals surface area contributed by atoms with Gasteiger partial charge >= 0.3 is 0 Å². The number of nitrogens with zero attached hydrogens (tertiary/aromatic N) is 4. The lowest BCUT2D eigenvalue weighted by atomic mass is 10.2. The summed E-state index contributed by atoms with van der Waals surface area (Å²) in [5.74, 6) is 0.600. The van der Waals surface area contributed by atoms with E-state index in [1.54, 1.807) is 24.3 Å². The van der Waals surface area contributed by atoms with E-state index in [2.05, 4.69) is 22.0 Å². The summed E-state index contributed by atoms with van der Waals surface area (Å²) in [6.07, 6.45) is 1.83. The van der Waals surface area contributed by atoms with Crippen molar-refractivity contribution in [3.63, 3.8) is 0 Å². The highest BCUT2D eigenvalue weighted by Crippen LogP contribution is 2.19. The van der Waals surface area contributed by atoms with Crippen LogP contribution in [-0.2, 0) is 13.2 Å². The Balaban J connectivity index is 2.00. The van der Waals surface area contributed by atoms with Gasteiger partial charge in [-0.1, -0.05) is 0 Å². The molecule has 122 valence electrons. The number of nitrogens with two attached hydrogens (primary N) is 3. The van der Waals surface area contributed by atoms with Crippen molar-refractivity contribution in [1.82, 2.24) is 9.78 Å². The first-order valence-corrected chi connectivity index (χ1v) is 7.17.